The Balaban J connectivity index is 2.24. The van der Waals surface area contributed by atoms with Crippen LogP contribution in [0.5, 0.6) is 0 Å². The van der Waals surface area contributed by atoms with E-state index >= 15 is 0 Å². The summed E-state index contributed by atoms with van der Waals surface area (Å²) < 4.78 is 0. The number of piperazine rings is 1. The monoisotopic (exact) mass is 208 g/mol. The Hall–Kier alpha value is -0.520. The molecule has 0 aromatic carbocycles. The lowest BCUT2D eigenvalue weighted by molar-refractivity contribution is 0.190. The SMILES string of the molecule is CC#CCCN1CCNC(CC(C)C)C1. The van der Waals surface area contributed by atoms with Gasteiger partial charge in [-0.05, 0) is 19.3 Å². The van der Waals surface area contributed by atoms with Crippen molar-refractivity contribution in [2.24, 2.45) is 5.92 Å². The van der Waals surface area contributed by atoms with E-state index in [1.807, 2.05) is 6.92 Å². The summed E-state index contributed by atoms with van der Waals surface area (Å²) in [6.07, 6.45) is 2.31. The van der Waals surface area contributed by atoms with E-state index in [-0.39, 0.29) is 0 Å². The van der Waals surface area contributed by atoms with Gasteiger partial charge in [-0.1, -0.05) is 13.8 Å². The van der Waals surface area contributed by atoms with E-state index in [9.17, 15) is 0 Å². The molecule has 1 heterocycles. The maximum Gasteiger partial charge on any atom is 0.0216 e. The van der Waals surface area contributed by atoms with Crippen LogP contribution in [0, 0.1) is 17.8 Å². The summed E-state index contributed by atoms with van der Waals surface area (Å²) >= 11 is 0. The van der Waals surface area contributed by atoms with Crippen molar-refractivity contribution >= 4 is 0 Å². The molecule has 1 unspecified atom stereocenters. The first-order valence-corrected chi connectivity index (χ1v) is 6.07. The molecule has 86 valence electrons. The van der Waals surface area contributed by atoms with Crippen LogP contribution in [0.1, 0.15) is 33.6 Å². The number of nitrogens with zero attached hydrogens (tertiary/aromatic N) is 1. The molecule has 1 saturated heterocycles. The van der Waals surface area contributed by atoms with Gasteiger partial charge in [0.15, 0.2) is 0 Å². The highest BCUT2D eigenvalue weighted by molar-refractivity contribution is 4.95. The van der Waals surface area contributed by atoms with Gasteiger partial charge in [-0.2, -0.15) is 0 Å². The van der Waals surface area contributed by atoms with Crippen molar-refractivity contribution in [1.29, 1.82) is 0 Å². The quantitative estimate of drug-likeness (QED) is 0.708. The van der Waals surface area contributed by atoms with Crippen LogP contribution in [0.15, 0.2) is 0 Å². The van der Waals surface area contributed by atoms with E-state index in [4.69, 9.17) is 0 Å². The Labute approximate surface area is 94.4 Å². The third kappa shape index (κ3) is 5.20. The van der Waals surface area contributed by atoms with Gasteiger partial charge in [0.25, 0.3) is 0 Å². The molecule has 15 heavy (non-hydrogen) atoms. The van der Waals surface area contributed by atoms with E-state index in [0.717, 1.165) is 25.4 Å². The molecule has 1 rings (SSSR count). The molecule has 0 aromatic heterocycles. The van der Waals surface area contributed by atoms with Crippen molar-refractivity contribution in [2.75, 3.05) is 26.2 Å². The van der Waals surface area contributed by atoms with Crippen LogP contribution < -0.4 is 5.32 Å². The number of rotatable bonds is 4. The van der Waals surface area contributed by atoms with Crippen LogP contribution in [-0.4, -0.2) is 37.1 Å². The standard InChI is InChI=1S/C13H24N2/c1-4-5-6-8-15-9-7-14-13(11-15)10-12(2)3/h12-14H,6-11H2,1-3H3. The molecule has 0 radical (unpaired) electrons. The molecule has 0 spiro atoms. The molecule has 0 saturated carbocycles. The second-order valence-corrected chi connectivity index (χ2v) is 4.76. The number of nitrogens with one attached hydrogen (secondary N) is 1. The summed E-state index contributed by atoms with van der Waals surface area (Å²) in [5.41, 5.74) is 0. The van der Waals surface area contributed by atoms with Crippen molar-refractivity contribution < 1.29 is 0 Å². The van der Waals surface area contributed by atoms with Gasteiger partial charge in [0.1, 0.15) is 0 Å². The molecule has 0 bridgehead atoms. The molecule has 0 aliphatic carbocycles. The van der Waals surface area contributed by atoms with Gasteiger partial charge < -0.3 is 5.32 Å². The summed E-state index contributed by atoms with van der Waals surface area (Å²) in [6.45, 7) is 11.2. The van der Waals surface area contributed by atoms with E-state index in [2.05, 4.69) is 35.9 Å². The van der Waals surface area contributed by atoms with Crippen molar-refractivity contribution in [1.82, 2.24) is 10.2 Å². The lowest BCUT2D eigenvalue weighted by atomic mass is 10.0. The fraction of sp³-hybridized carbons (Fsp3) is 0.846. The predicted octanol–water partition coefficient (Wildman–Crippen LogP) is 1.72. The zero-order valence-electron chi connectivity index (χ0n) is 10.3. The fourth-order valence-corrected chi connectivity index (χ4v) is 2.16. The molecular weight excluding hydrogens is 184 g/mol. The highest BCUT2D eigenvalue weighted by Crippen LogP contribution is 2.09. The van der Waals surface area contributed by atoms with Gasteiger partial charge in [-0.3, -0.25) is 4.90 Å². The summed E-state index contributed by atoms with van der Waals surface area (Å²) in [6, 6.07) is 0.688. The first kappa shape index (κ1) is 12.5. The van der Waals surface area contributed by atoms with Gasteiger partial charge in [-0.15, -0.1) is 11.8 Å². The van der Waals surface area contributed by atoms with Gasteiger partial charge >= 0.3 is 0 Å². The molecule has 1 fully saturated rings. The van der Waals surface area contributed by atoms with E-state index < -0.39 is 0 Å². The van der Waals surface area contributed by atoms with Gasteiger partial charge in [-0.25, -0.2) is 0 Å². The second kappa shape index (κ2) is 6.87. The molecule has 1 N–H and O–H groups in total. The minimum Gasteiger partial charge on any atom is -0.311 e. The van der Waals surface area contributed by atoms with Crippen molar-refractivity contribution in [3.8, 4) is 11.8 Å². The Morgan fingerprint density at radius 3 is 2.93 bits per heavy atom. The molecule has 2 nitrogen and oxygen atoms in total. The van der Waals surface area contributed by atoms with Gasteiger partial charge in [0, 0.05) is 38.6 Å². The molecule has 1 atom stereocenters. The minimum absolute atomic E-state index is 0.688. The zero-order valence-corrected chi connectivity index (χ0v) is 10.3. The molecule has 1 aliphatic heterocycles. The van der Waals surface area contributed by atoms with Crippen LogP contribution in [0.3, 0.4) is 0 Å². The Kier molecular flexibility index (Phi) is 5.75. The number of hydrogen-bond donors (Lipinski definition) is 1. The molecular formula is C13H24N2. The second-order valence-electron chi connectivity index (χ2n) is 4.76. The van der Waals surface area contributed by atoms with Gasteiger partial charge in [0.2, 0.25) is 0 Å². The number of hydrogen-bond acceptors (Lipinski definition) is 2. The summed E-state index contributed by atoms with van der Waals surface area (Å²) in [7, 11) is 0. The van der Waals surface area contributed by atoms with Crippen LogP contribution in [0.2, 0.25) is 0 Å². The summed E-state index contributed by atoms with van der Waals surface area (Å²) in [5, 5.41) is 3.59. The van der Waals surface area contributed by atoms with Crippen molar-refractivity contribution in [2.45, 2.75) is 39.7 Å². The van der Waals surface area contributed by atoms with Crippen molar-refractivity contribution in [3.63, 3.8) is 0 Å². The highest BCUT2D eigenvalue weighted by atomic mass is 15.2. The third-order valence-corrected chi connectivity index (χ3v) is 2.83. The average molecular weight is 208 g/mol. The molecule has 0 aromatic rings. The summed E-state index contributed by atoms with van der Waals surface area (Å²) in [4.78, 5) is 2.54. The first-order valence-electron chi connectivity index (χ1n) is 6.07. The normalized spacial score (nSPS) is 22.5. The van der Waals surface area contributed by atoms with E-state index in [0.29, 0.717) is 6.04 Å². The molecule has 2 heteroatoms. The Morgan fingerprint density at radius 2 is 2.27 bits per heavy atom. The largest absolute Gasteiger partial charge is 0.311 e. The van der Waals surface area contributed by atoms with E-state index in [1.54, 1.807) is 0 Å². The fourth-order valence-electron chi connectivity index (χ4n) is 2.16. The average Bonchev–Trinajstić information content (AvgIpc) is 2.18. The molecule has 1 aliphatic rings. The zero-order chi connectivity index (χ0) is 11.1. The van der Waals surface area contributed by atoms with Crippen LogP contribution in [-0.2, 0) is 0 Å². The predicted molar refractivity (Wildman–Crippen MR) is 65.8 cm³/mol. The molecule has 0 amide bonds. The smallest absolute Gasteiger partial charge is 0.0216 e. The lowest BCUT2D eigenvalue weighted by Crippen LogP contribution is -2.51. The first-order chi connectivity index (χ1) is 7.22. The Bertz CT molecular complexity index is 224. The van der Waals surface area contributed by atoms with Crippen molar-refractivity contribution in [3.05, 3.63) is 0 Å². The maximum absolute atomic E-state index is 3.59. The van der Waals surface area contributed by atoms with Crippen LogP contribution >= 0.6 is 0 Å². The van der Waals surface area contributed by atoms with Gasteiger partial charge in [0.05, 0.1) is 0 Å². The van der Waals surface area contributed by atoms with Crippen LogP contribution in [0.25, 0.3) is 0 Å². The van der Waals surface area contributed by atoms with E-state index in [1.165, 1.54) is 19.5 Å². The van der Waals surface area contributed by atoms with Crippen LogP contribution in [0.4, 0.5) is 0 Å². The third-order valence-electron chi connectivity index (χ3n) is 2.83. The highest BCUT2D eigenvalue weighted by Gasteiger charge is 2.18. The Morgan fingerprint density at radius 1 is 1.47 bits per heavy atom. The maximum atomic E-state index is 3.59. The summed E-state index contributed by atoms with van der Waals surface area (Å²) in [5.74, 6) is 6.89. The lowest BCUT2D eigenvalue weighted by Gasteiger charge is -2.34. The topological polar surface area (TPSA) is 15.3 Å². The minimum atomic E-state index is 0.688.